The minimum absolute atomic E-state index is 0.168. The first-order valence-corrected chi connectivity index (χ1v) is 9.07. The number of anilines is 1. The fourth-order valence-electron chi connectivity index (χ4n) is 3.80. The van der Waals surface area contributed by atoms with E-state index in [1.807, 2.05) is 12.1 Å². The molecule has 0 spiro atoms. The minimum atomic E-state index is -0.256. The van der Waals surface area contributed by atoms with Gasteiger partial charge < -0.3 is 14.8 Å². The summed E-state index contributed by atoms with van der Waals surface area (Å²) in [4.78, 5) is 0. The lowest BCUT2D eigenvalue weighted by atomic mass is 9.85. The SMILES string of the molecule is CCC(C)c1ccc2c(c1)C1OCCOC1C(c1ccccc1F)N2. The molecular formula is C21H24FNO2. The lowest BCUT2D eigenvalue weighted by molar-refractivity contribution is -0.151. The number of fused-ring (bicyclic) bond motifs is 3. The maximum atomic E-state index is 14.4. The van der Waals surface area contributed by atoms with Gasteiger partial charge in [0.1, 0.15) is 18.0 Å². The van der Waals surface area contributed by atoms with Gasteiger partial charge in [-0.1, -0.05) is 44.2 Å². The van der Waals surface area contributed by atoms with Gasteiger partial charge in [0.25, 0.3) is 0 Å². The molecule has 2 aromatic rings. The van der Waals surface area contributed by atoms with E-state index in [0.29, 0.717) is 24.7 Å². The van der Waals surface area contributed by atoms with Crippen molar-refractivity contribution < 1.29 is 13.9 Å². The summed E-state index contributed by atoms with van der Waals surface area (Å²) in [6.45, 7) is 5.53. The van der Waals surface area contributed by atoms with Crippen molar-refractivity contribution >= 4 is 5.69 Å². The van der Waals surface area contributed by atoms with E-state index in [2.05, 4.69) is 37.4 Å². The van der Waals surface area contributed by atoms with Crippen molar-refractivity contribution in [3.05, 3.63) is 65.0 Å². The molecule has 0 saturated carbocycles. The average molecular weight is 341 g/mol. The van der Waals surface area contributed by atoms with Gasteiger partial charge in [-0.3, -0.25) is 0 Å². The van der Waals surface area contributed by atoms with Crippen molar-refractivity contribution in [2.24, 2.45) is 0 Å². The van der Waals surface area contributed by atoms with Gasteiger partial charge in [-0.2, -0.15) is 0 Å². The van der Waals surface area contributed by atoms with Crippen LogP contribution >= 0.6 is 0 Å². The molecule has 1 saturated heterocycles. The van der Waals surface area contributed by atoms with Crippen LogP contribution < -0.4 is 5.32 Å². The normalized spacial score (nSPS) is 26.3. The highest BCUT2D eigenvalue weighted by atomic mass is 19.1. The van der Waals surface area contributed by atoms with Gasteiger partial charge in [-0.15, -0.1) is 0 Å². The fourth-order valence-corrected chi connectivity index (χ4v) is 3.80. The maximum absolute atomic E-state index is 14.4. The summed E-state index contributed by atoms with van der Waals surface area (Å²) in [5.74, 6) is 0.283. The maximum Gasteiger partial charge on any atom is 0.128 e. The number of ether oxygens (including phenoxy) is 2. The van der Waals surface area contributed by atoms with Gasteiger partial charge >= 0.3 is 0 Å². The van der Waals surface area contributed by atoms with E-state index >= 15 is 0 Å². The van der Waals surface area contributed by atoms with Crippen LogP contribution in [0.5, 0.6) is 0 Å². The molecule has 1 N–H and O–H groups in total. The van der Waals surface area contributed by atoms with Crippen LogP contribution in [-0.2, 0) is 9.47 Å². The molecule has 0 radical (unpaired) electrons. The number of rotatable bonds is 3. The van der Waals surface area contributed by atoms with Gasteiger partial charge in [0.2, 0.25) is 0 Å². The standard InChI is InChI=1S/C21H24FNO2/c1-3-13(2)14-8-9-18-16(12-14)20-21(25-11-10-24-20)19(23-18)15-6-4-5-7-17(15)22/h4-9,12-13,19-21,23H,3,10-11H2,1-2H3. The number of nitrogens with one attached hydrogen (secondary N) is 1. The van der Waals surface area contributed by atoms with E-state index in [-0.39, 0.29) is 24.1 Å². The smallest absolute Gasteiger partial charge is 0.128 e. The molecule has 2 aliphatic rings. The third-order valence-electron chi connectivity index (χ3n) is 5.43. The molecule has 0 aliphatic carbocycles. The van der Waals surface area contributed by atoms with Crippen LogP contribution in [0.2, 0.25) is 0 Å². The predicted octanol–water partition coefficient (Wildman–Crippen LogP) is 4.96. The van der Waals surface area contributed by atoms with E-state index in [9.17, 15) is 4.39 Å². The Bertz CT molecular complexity index is 763. The summed E-state index contributed by atoms with van der Waals surface area (Å²) < 4.78 is 26.5. The zero-order valence-electron chi connectivity index (χ0n) is 14.7. The van der Waals surface area contributed by atoms with E-state index in [0.717, 1.165) is 17.7 Å². The van der Waals surface area contributed by atoms with Gasteiger partial charge in [0, 0.05) is 16.8 Å². The first kappa shape index (κ1) is 16.6. The Morgan fingerprint density at radius 1 is 1.12 bits per heavy atom. The zero-order valence-corrected chi connectivity index (χ0v) is 14.7. The molecule has 4 atom stereocenters. The molecule has 132 valence electrons. The Hall–Kier alpha value is -1.91. The minimum Gasteiger partial charge on any atom is -0.375 e. The van der Waals surface area contributed by atoms with Gasteiger partial charge in [-0.25, -0.2) is 4.39 Å². The van der Waals surface area contributed by atoms with Crippen molar-refractivity contribution in [2.45, 2.75) is 44.4 Å². The van der Waals surface area contributed by atoms with Crippen LogP contribution in [0.4, 0.5) is 10.1 Å². The first-order valence-electron chi connectivity index (χ1n) is 9.07. The van der Waals surface area contributed by atoms with Crippen molar-refractivity contribution in [2.75, 3.05) is 18.5 Å². The van der Waals surface area contributed by atoms with Crippen molar-refractivity contribution in [1.82, 2.24) is 0 Å². The van der Waals surface area contributed by atoms with Crippen LogP contribution in [0, 0.1) is 5.82 Å². The monoisotopic (exact) mass is 341 g/mol. The second-order valence-corrected chi connectivity index (χ2v) is 6.93. The molecule has 4 unspecified atom stereocenters. The van der Waals surface area contributed by atoms with Crippen LogP contribution in [0.25, 0.3) is 0 Å². The highest BCUT2D eigenvalue weighted by Crippen LogP contribution is 2.45. The fraction of sp³-hybridized carbons (Fsp3) is 0.429. The third kappa shape index (κ3) is 2.94. The molecule has 4 rings (SSSR count). The Morgan fingerprint density at radius 3 is 2.72 bits per heavy atom. The quantitative estimate of drug-likeness (QED) is 0.856. The molecule has 3 nitrogen and oxygen atoms in total. The average Bonchev–Trinajstić information content (AvgIpc) is 2.67. The van der Waals surface area contributed by atoms with E-state index in [1.165, 1.54) is 11.6 Å². The molecule has 0 amide bonds. The molecule has 4 heteroatoms. The van der Waals surface area contributed by atoms with E-state index in [4.69, 9.17) is 9.47 Å². The van der Waals surface area contributed by atoms with Crippen LogP contribution in [0.1, 0.15) is 55.0 Å². The third-order valence-corrected chi connectivity index (χ3v) is 5.43. The second-order valence-electron chi connectivity index (χ2n) is 6.93. The van der Waals surface area contributed by atoms with Crippen molar-refractivity contribution in [1.29, 1.82) is 0 Å². The Kier molecular flexibility index (Phi) is 4.48. The zero-order chi connectivity index (χ0) is 17.4. The summed E-state index contributed by atoms with van der Waals surface area (Å²) in [6, 6.07) is 13.1. The molecule has 2 aromatic carbocycles. The Labute approximate surface area is 148 Å². The highest BCUT2D eigenvalue weighted by Gasteiger charge is 2.42. The predicted molar refractivity (Wildman–Crippen MR) is 96.3 cm³/mol. The topological polar surface area (TPSA) is 30.5 Å². The number of halogens is 1. The van der Waals surface area contributed by atoms with Crippen LogP contribution in [0.3, 0.4) is 0 Å². The number of hydrogen-bond acceptors (Lipinski definition) is 3. The second kappa shape index (κ2) is 6.77. The molecule has 0 bridgehead atoms. The van der Waals surface area contributed by atoms with E-state index in [1.54, 1.807) is 6.07 Å². The molecule has 2 heterocycles. The Morgan fingerprint density at radius 2 is 1.92 bits per heavy atom. The summed E-state index contributed by atoms with van der Waals surface area (Å²) in [5.41, 5.74) is 4.06. The molecule has 0 aromatic heterocycles. The summed E-state index contributed by atoms with van der Waals surface area (Å²) in [6.07, 6.45) is 0.694. The molecule has 25 heavy (non-hydrogen) atoms. The summed E-state index contributed by atoms with van der Waals surface area (Å²) in [7, 11) is 0. The van der Waals surface area contributed by atoms with Crippen LogP contribution in [0.15, 0.2) is 42.5 Å². The highest BCUT2D eigenvalue weighted by molar-refractivity contribution is 5.59. The number of benzene rings is 2. The van der Waals surface area contributed by atoms with Gasteiger partial charge in [0.15, 0.2) is 0 Å². The van der Waals surface area contributed by atoms with Gasteiger partial charge in [0.05, 0.1) is 19.3 Å². The van der Waals surface area contributed by atoms with Gasteiger partial charge in [-0.05, 0) is 30.0 Å². The van der Waals surface area contributed by atoms with Crippen molar-refractivity contribution in [3.8, 4) is 0 Å². The summed E-state index contributed by atoms with van der Waals surface area (Å²) >= 11 is 0. The van der Waals surface area contributed by atoms with Crippen molar-refractivity contribution in [3.63, 3.8) is 0 Å². The lowest BCUT2D eigenvalue weighted by Gasteiger charge is -2.43. The lowest BCUT2D eigenvalue weighted by Crippen LogP contribution is -2.43. The molecular weight excluding hydrogens is 317 g/mol. The van der Waals surface area contributed by atoms with Crippen LogP contribution in [-0.4, -0.2) is 19.3 Å². The van der Waals surface area contributed by atoms with E-state index < -0.39 is 0 Å². The first-order chi connectivity index (χ1) is 12.2. The molecule has 1 fully saturated rings. The number of hydrogen-bond donors (Lipinski definition) is 1. The largest absolute Gasteiger partial charge is 0.375 e. The summed E-state index contributed by atoms with van der Waals surface area (Å²) in [5, 5.41) is 3.49. The molecule has 2 aliphatic heterocycles. The Balaban J connectivity index is 1.76.